The minimum absolute atomic E-state index is 0.0597. The highest BCUT2D eigenvalue weighted by Gasteiger charge is 2.23. The van der Waals surface area contributed by atoms with E-state index >= 15 is 0 Å². The molecule has 1 aromatic carbocycles. The maximum atomic E-state index is 12.5. The van der Waals surface area contributed by atoms with Gasteiger partial charge in [-0.3, -0.25) is 9.36 Å². The molecule has 0 aliphatic rings. The van der Waals surface area contributed by atoms with Gasteiger partial charge in [0.1, 0.15) is 5.56 Å². The SMILES string of the molecule is O=C(O)c1c(O)c(=O)n(Cc2noc(-c3ccccc3)n2)c2ccsc12. The minimum atomic E-state index is -1.36. The summed E-state index contributed by atoms with van der Waals surface area (Å²) >= 11 is 1.13. The Morgan fingerprint density at radius 1 is 1.23 bits per heavy atom. The number of pyridine rings is 1. The smallest absolute Gasteiger partial charge is 0.341 e. The third-order valence-electron chi connectivity index (χ3n) is 3.85. The second-order valence-electron chi connectivity index (χ2n) is 5.44. The van der Waals surface area contributed by atoms with Crippen molar-refractivity contribution in [2.24, 2.45) is 0 Å². The standard InChI is InChI=1S/C17H11N3O5S/c21-13-12(17(23)24)14-10(6-7-26-14)20(16(13)22)8-11-18-15(25-19-11)9-4-2-1-3-5-9/h1-7,21H,8H2,(H,23,24). The molecule has 3 heterocycles. The molecule has 4 rings (SSSR count). The van der Waals surface area contributed by atoms with E-state index in [0.717, 1.165) is 16.9 Å². The summed E-state index contributed by atoms with van der Waals surface area (Å²) in [6.45, 7) is -0.0597. The molecule has 0 radical (unpaired) electrons. The van der Waals surface area contributed by atoms with Gasteiger partial charge in [0.2, 0.25) is 0 Å². The van der Waals surface area contributed by atoms with Crippen LogP contribution in [0.4, 0.5) is 0 Å². The summed E-state index contributed by atoms with van der Waals surface area (Å²) in [5, 5.41) is 24.8. The molecule has 26 heavy (non-hydrogen) atoms. The Balaban J connectivity index is 1.80. The summed E-state index contributed by atoms with van der Waals surface area (Å²) in [7, 11) is 0. The molecule has 0 amide bonds. The van der Waals surface area contributed by atoms with E-state index < -0.39 is 22.8 Å². The summed E-state index contributed by atoms with van der Waals surface area (Å²) in [6.07, 6.45) is 0. The predicted molar refractivity (Wildman–Crippen MR) is 93.5 cm³/mol. The fourth-order valence-electron chi connectivity index (χ4n) is 2.67. The molecule has 0 unspecified atom stereocenters. The number of nitrogens with zero attached hydrogens (tertiary/aromatic N) is 3. The van der Waals surface area contributed by atoms with E-state index in [0.29, 0.717) is 16.1 Å². The molecule has 130 valence electrons. The van der Waals surface area contributed by atoms with Crippen LogP contribution in [0.3, 0.4) is 0 Å². The normalized spacial score (nSPS) is 11.1. The van der Waals surface area contributed by atoms with Gasteiger partial charge in [-0.25, -0.2) is 4.79 Å². The van der Waals surface area contributed by atoms with Gasteiger partial charge in [0.05, 0.1) is 16.8 Å². The van der Waals surface area contributed by atoms with Crippen LogP contribution in [-0.2, 0) is 6.54 Å². The number of rotatable bonds is 4. The molecule has 0 aliphatic carbocycles. The first-order chi connectivity index (χ1) is 12.6. The number of fused-ring (bicyclic) bond motifs is 1. The van der Waals surface area contributed by atoms with Crippen molar-refractivity contribution in [3.05, 3.63) is 63.5 Å². The number of thiophene rings is 1. The Morgan fingerprint density at radius 3 is 2.73 bits per heavy atom. The van der Waals surface area contributed by atoms with E-state index in [9.17, 15) is 19.8 Å². The predicted octanol–water partition coefficient (Wildman–Crippen LogP) is 2.57. The summed E-state index contributed by atoms with van der Waals surface area (Å²) in [6, 6.07) is 10.8. The van der Waals surface area contributed by atoms with E-state index in [4.69, 9.17) is 4.52 Å². The Hall–Kier alpha value is -3.46. The van der Waals surface area contributed by atoms with Gasteiger partial charge in [0, 0.05) is 5.56 Å². The second-order valence-corrected chi connectivity index (χ2v) is 6.35. The highest BCUT2D eigenvalue weighted by atomic mass is 32.1. The lowest BCUT2D eigenvalue weighted by Gasteiger charge is -2.08. The van der Waals surface area contributed by atoms with Gasteiger partial charge in [0.15, 0.2) is 11.6 Å². The van der Waals surface area contributed by atoms with Crippen molar-refractivity contribution < 1.29 is 19.5 Å². The first-order valence-electron chi connectivity index (χ1n) is 7.50. The first kappa shape index (κ1) is 16.0. The van der Waals surface area contributed by atoms with Crippen molar-refractivity contribution in [3.8, 4) is 17.2 Å². The van der Waals surface area contributed by atoms with Crippen molar-refractivity contribution in [2.75, 3.05) is 0 Å². The summed E-state index contributed by atoms with van der Waals surface area (Å²) in [5.41, 5.74) is -0.0849. The maximum Gasteiger partial charge on any atom is 0.341 e. The van der Waals surface area contributed by atoms with Crippen LogP contribution in [0.5, 0.6) is 5.75 Å². The van der Waals surface area contributed by atoms with Gasteiger partial charge in [-0.05, 0) is 23.6 Å². The van der Waals surface area contributed by atoms with Crippen LogP contribution < -0.4 is 5.56 Å². The molecule has 9 heteroatoms. The molecular formula is C17H11N3O5S. The zero-order chi connectivity index (χ0) is 18.3. The van der Waals surface area contributed by atoms with Crippen LogP contribution in [0.25, 0.3) is 21.7 Å². The quantitative estimate of drug-likeness (QED) is 0.567. The number of carboxylic acids is 1. The molecule has 0 fully saturated rings. The number of aromatic nitrogens is 3. The summed E-state index contributed by atoms with van der Waals surface area (Å²) in [4.78, 5) is 28.1. The molecule has 2 N–H and O–H groups in total. The minimum Gasteiger partial charge on any atom is -0.502 e. The number of carbonyl (C=O) groups is 1. The Bertz CT molecular complexity index is 1180. The molecule has 3 aromatic heterocycles. The lowest BCUT2D eigenvalue weighted by Crippen LogP contribution is -2.23. The van der Waals surface area contributed by atoms with Crippen molar-refractivity contribution >= 4 is 27.5 Å². The van der Waals surface area contributed by atoms with Crippen molar-refractivity contribution in [2.45, 2.75) is 6.54 Å². The zero-order valence-electron chi connectivity index (χ0n) is 13.1. The number of hydrogen-bond acceptors (Lipinski definition) is 7. The number of benzene rings is 1. The van der Waals surface area contributed by atoms with E-state index in [1.807, 2.05) is 30.3 Å². The van der Waals surface area contributed by atoms with Crippen LogP contribution in [0.1, 0.15) is 16.2 Å². The molecule has 0 aliphatic heterocycles. The largest absolute Gasteiger partial charge is 0.502 e. The van der Waals surface area contributed by atoms with Gasteiger partial charge in [-0.1, -0.05) is 23.4 Å². The molecule has 0 saturated heterocycles. The number of hydrogen-bond donors (Lipinski definition) is 2. The summed E-state index contributed by atoms with van der Waals surface area (Å²) in [5.74, 6) is -1.62. The van der Waals surface area contributed by atoms with Crippen LogP contribution in [0, 0.1) is 0 Å². The molecule has 0 saturated carbocycles. The topological polar surface area (TPSA) is 118 Å². The van der Waals surface area contributed by atoms with E-state index in [2.05, 4.69) is 10.1 Å². The number of carboxylic acid groups (broad SMARTS) is 1. The van der Waals surface area contributed by atoms with Gasteiger partial charge in [-0.15, -0.1) is 11.3 Å². The van der Waals surface area contributed by atoms with Gasteiger partial charge in [0.25, 0.3) is 11.4 Å². The monoisotopic (exact) mass is 369 g/mol. The molecule has 0 atom stereocenters. The van der Waals surface area contributed by atoms with Crippen molar-refractivity contribution in [3.63, 3.8) is 0 Å². The lowest BCUT2D eigenvalue weighted by molar-refractivity contribution is 0.0695. The highest BCUT2D eigenvalue weighted by molar-refractivity contribution is 7.17. The second kappa shape index (κ2) is 6.12. The Labute approximate surface area is 149 Å². The zero-order valence-corrected chi connectivity index (χ0v) is 13.9. The molecule has 8 nitrogen and oxygen atoms in total. The third kappa shape index (κ3) is 2.54. The van der Waals surface area contributed by atoms with Crippen LogP contribution in [-0.4, -0.2) is 30.9 Å². The summed E-state index contributed by atoms with van der Waals surface area (Å²) < 4.78 is 6.75. The van der Waals surface area contributed by atoms with Crippen molar-refractivity contribution in [1.29, 1.82) is 0 Å². The lowest BCUT2D eigenvalue weighted by atomic mass is 10.2. The van der Waals surface area contributed by atoms with Crippen LogP contribution >= 0.6 is 11.3 Å². The van der Waals surface area contributed by atoms with E-state index in [1.54, 1.807) is 11.4 Å². The number of aromatic hydroxyl groups is 1. The highest BCUT2D eigenvalue weighted by Crippen LogP contribution is 2.29. The van der Waals surface area contributed by atoms with Gasteiger partial charge >= 0.3 is 5.97 Å². The third-order valence-corrected chi connectivity index (χ3v) is 4.77. The van der Waals surface area contributed by atoms with Gasteiger partial charge < -0.3 is 14.7 Å². The Kier molecular flexibility index (Phi) is 3.77. The first-order valence-corrected chi connectivity index (χ1v) is 8.38. The van der Waals surface area contributed by atoms with Crippen molar-refractivity contribution in [1.82, 2.24) is 14.7 Å². The molecule has 0 bridgehead atoms. The Morgan fingerprint density at radius 2 is 2.00 bits per heavy atom. The average Bonchev–Trinajstić information content (AvgIpc) is 3.29. The number of aromatic carboxylic acids is 1. The maximum absolute atomic E-state index is 12.5. The van der Waals surface area contributed by atoms with Gasteiger partial charge in [-0.2, -0.15) is 4.98 Å². The fourth-order valence-corrected chi connectivity index (χ4v) is 3.60. The average molecular weight is 369 g/mol. The van der Waals surface area contributed by atoms with Crippen LogP contribution in [0.2, 0.25) is 0 Å². The van der Waals surface area contributed by atoms with E-state index in [-0.39, 0.29) is 12.4 Å². The fraction of sp³-hybridized carbons (Fsp3) is 0.0588. The van der Waals surface area contributed by atoms with E-state index in [1.165, 1.54) is 4.57 Å². The molecule has 0 spiro atoms. The van der Waals surface area contributed by atoms with Crippen LogP contribution in [0.15, 0.2) is 51.1 Å². The molecule has 4 aromatic rings. The molecular weight excluding hydrogens is 358 g/mol.